The van der Waals surface area contributed by atoms with Gasteiger partial charge in [-0.05, 0) is 34.1 Å². The zero-order valence-corrected chi connectivity index (χ0v) is 13.6. The van der Waals surface area contributed by atoms with Crippen LogP contribution in [0.15, 0.2) is 62.2 Å². The van der Waals surface area contributed by atoms with Gasteiger partial charge in [-0.2, -0.15) is 0 Å². The Bertz CT molecular complexity index is 1030. The second-order valence-electron chi connectivity index (χ2n) is 4.86. The second-order valence-corrected chi connectivity index (χ2v) is 5.72. The normalized spacial score (nSPS) is 10.5. The monoisotopic (exact) mass is 388 g/mol. The van der Waals surface area contributed by atoms with Crippen molar-refractivity contribution in [2.24, 2.45) is 0 Å². The Balaban J connectivity index is 1.94. The number of halogens is 1. The molecule has 0 aliphatic rings. The van der Waals surface area contributed by atoms with E-state index < -0.39 is 16.5 Å². The molecule has 1 amide bonds. The summed E-state index contributed by atoms with van der Waals surface area (Å²) in [6, 6.07) is 12.2. The number of carbonyl (C=O) groups is 1. The molecule has 3 rings (SSSR count). The van der Waals surface area contributed by atoms with Crippen molar-refractivity contribution in [3.63, 3.8) is 0 Å². The minimum absolute atomic E-state index is 0.120. The van der Waals surface area contributed by atoms with Gasteiger partial charge in [-0.15, -0.1) is 0 Å². The molecule has 3 aromatic rings. The van der Waals surface area contributed by atoms with Crippen LogP contribution in [0.2, 0.25) is 0 Å². The maximum absolute atomic E-state index is 12.3. The van der Waals surface area contributed by atoms with Gasteiger partial charge >= 0.3 is 5.63 Å². The van der Waals surface area contributed by atoms with Crippen LogP contribution in [0.4, 0.5) is 11.4 Å². The second kappa shape index (κ2) is 6.25. The first kappa shape index (κ1) is 15.9. The lowest BCUT2D eigenvalue weighted by atomic mass is 10.1. The number of nitro benzene ring substituents is 1. The first-order valence-electron chi connectivity index (χ1n) is 6.74. The average molecular weight is 389 g/mol. The summed E-state index contributed by atoms with van der Waals surface area (Å²) in [6.07, 6.45) is 0. The van der Waals surface area contributed by atoms with E-state index in [-0.39, 0.29) is 11.3 Å². The molecular weight excluding hydrogens is 380 g/mol. The molecule has 120 valence electrons. The highest BCUT2D eigenvalue weighted by Crippen LogP contribution is 2.27. The molecule has 1 heterocycles. The Labute approximate surface area is 143 Å². The smallest absolute Gasteiger partial charge is 0.349 e. The van der Waals surface area contributed by atoms with Crippen molar-refractivity contribution in [3.05, 3.63) is 79.1 Å². The van der Waals surface area contributed by atoms with Gasteiger partial charge in [-0.25, -0.2) is 4.79 Å². The highest BCUT2D eigenvalue weighted by molar-refractivity contribution is 9.10. The van der Waals surface area contributed by atoms with Crippen LogP contribution < -0.4 is 10.9 Å². The maximum atomic E-state index is 12.3. The Morgan fingerprint density at radius 2 is 1.92 bits per heavy atom. The lowest BCUT2D eigenvalue weighted by Gasteiger charge is -2.07. The molecule has 0 aliphatic heterocycles. The third-order valence-corrected chi connectivity index (χ3v) is 3.95. The van der Waals surface area contributed by atoms with E-state index in [0.717, 1.165) is 0 Å². The summed E-state index contributed by atoms with van der Waals surface area (Å²) in [5.41, 5.74) is -0.345. The predicted octanol–water partition coefficient (Wildman–Crippen LogP) is 3.72. The van der Waals surface area contributed by atoms with Gasteiger partial charge in [-0.3, -0.25) is 14.9 Å². The van der Waals surface area contributed by atoms with E-state index in [1.54, 1.807) is 24.3 Å². The molecule has 0 atom stereocenters. The number of benzene rings is 2. The molecule has 7 nitrogen and oxygen atoms in total. The van der Waals surface area contributed by atoms with Crippen molar-refractivity contribution >= 4 is 44.2 Å². The van der Waals surface area contributed by atoms with Gasteiger partial charge in [0.25, 0.3) is 11.6 Å². The van der Waals surface area contributed by atoms with Crippen molar-refractivity contribution in [2.45, 2.75) is 0 Å². The number of hydrogen-bond acceptors (Lipinski definition) is 5. The molecule has 0 unspecified atom stereocenters. The van der Waals surface area contributed by atoms with Crippen LogP contribution in [0.1, 0.15) is 10.4 Å². The summed E-state index contributed by atoms with van der Waals surface area (Å²) in [7, 11) is 0. The van der Waals surface area contributed by atoms with E-state index in [9.17, 15) is 19.7 Å². The molecule has 0 radical (unpaired) electrons. The molecule has 0 aliphatic carbocycles. The Hall–Kier alpha value is -3.00. The van der Waals surface area contributed by atoms with Crippen LogP contribution in [0.25, 0.3) is 11.0 Å². The number of rotatable bonds is 3. The lowest BCUT2D eigenvalue weighted by molar-refractivity contribution is -0.384. The number of nitro groups is 1. The fraction of sp³-hybridized carbons (Fsp3) is 0. The molecule has 1 aromatic heterocycles. The summed E-state index contributed by atoms with van der Waals surface area (Å²) < 4.78 is 5.44. The Morgan fingerprint density at radius 3 is 2.62 bits per heavy atom. The number of non-ortho nitro benzene ring substituents is 1. The minimum atomic E-state index is -0.760. The first-order chi connectivity index (χ1) is 11.5. The summed E-state index contributed by atoms with van der Waals surface area (Å²) in [5, 5.41) is 13.9. The quantitative estimate of drug-likeness (QED) is 0.418. The van der Waals surface area contributed by atoms with E-state index in [1.807, 2.05) is 0 Å². The van der Waals surface area contributed by atoms with Gasteiger partial charge in [0.15, 0.2) is 0 Å². The first-order valence-corrected chi connectivity index (χ1v) is 7.53. The fourth-order valence-electron chi connectivity index (χ4n) is 2.13. The number of nitrogens with zero attached hydrogens (tertiary/aromatic N) is 1. The van der Waals surface area contributed by atoms with E-state index in [0.29, 0.717) is 21.1 Å². The highest BCUT2D eigenvalue weighted by Gasteiger charge is 2.16. The summed E-state index contributed by atoms with van der Waals surface area (Å²) in [6.45, 7) is 0. The van der Waals surface area contributed by atoms with Crippen LogP contribution in [0, 0.1) is 10.1 Å². The van der Waals surface area contributed by atoms with Crippen LogP contribution in [0.3, 0.4) is 0 Å². The SMILES string of the molecule is O=C(Nc1ccc([N+](=O)[O-])cc1Br)c1cc2ccccc2oc1=O. The third-order valence-electron chi connectivity index (χ3n) is 3.30. The van der Waals surface area contributed by atoms with Gasteiger partial charge in [0, 0.05) is 22.0 Å². The van der Waals surface area contributed by atoms with E-state index in [1.165, 1.54) is 24.3 Å². The number of anilines is 1. The van der Waals surface area contributed by atoms with Gasteiger partial charge in [-0.1, -0.05) is 18.2 Å². The van der Waals surface area contributed by atoms with Crippen molar-refractivity contribution in [1.29, 1.82) is 0 Å². The summed E-state index contributed by atoms with van der Waals surface area (Å²) >= 11 is 3.15. The van der Waals surface area contributed by atoms with E-state index in [2.05, 4.69) is 21.2 Å². The molecule has 0 fully saturated rings. The van der Waals surface area contributed by atoms with Gasteiger partial charge in [0.05, 0.1) is 10.6 Å². The number of hydrogen-bond donors (Lipinski definition) is 1. The molecule has 0 saturated heterocycles. The van der Waals surface area contributed by atoms with Gasteiger partial charge in [0.1, 0.15) is 11.1 Å². The zero-order chi connectivity index (χ0) is 17.3. The standard InChI is InChI=1S/C16H9BrN2O5/c17-12-8-10(19(22)23)5-6-13(12)18-15(20)11-7-9-3-1-2-4-14(9)24-16(11)21/h1-8H,(H,18,20). The predicted molar refractivity (Wildman–Crippen MR) is 91.2 cm³/mol. The third kappa shape index (κ3) is 3.04. The van der Waals surface area contributed by atoms with Crippen molar-refractivity contribution in [3.8, 4) is 0 Å². The van der Waals surface area contributed by atoms with Crippen molar-refractivity contribution < 1.29 is 14.1 Å². The number of fused-ring (bicyclic) bond motifs is 1. The van der Waals surface area contributed by atoms with Crippen molar-refractivity contribution in [1.82, 2.24) is 0 Å². The number of carbonyl (C=O) groups excluding carboxylic acids is 1. The molecule has 24 heavy (non-hydrogen) atoms. The number of nitrogens with one attached hydrogen (secondary N) is 1. The zero-order valence-electron chi connectivity index (χ0n) is 12.0. The summed E-state index contributed by atoms with van der Waals surface area (Å²) in [5.74, 6) is -0.663. The molecule has 0 spiro atoms. The van der Waals surface area contributed by atoms with Crippen LogP contribution in [0.5, 0.6) is 0 Å². The average Bonchev–Trinajstić information content (AvgIpc) is 2.55. The van der Waals surface area contributed by atoms with Crippen LogP contribution in [-0.2, 0) is 0 Å². The van der Waals surface area contributed by atoms with Crippen LogP contribution in [-0.4, -0.2) is 10.8 Å². The minimum Gasteiger partial charge on any atom is -0.422 e. The largest absolute Gasteiger partial charge is 0.422 e. The van der Waals surface area contributed by atoms with Gasteiger partial charge in [0.2, 0.25) is 0 Å². The molecule has 1 N–H and O–H groups in total. The van der Waals surface area contributed by atoms with Gasteiger partial charge < -0.3 is 9.73 Å². The molecule has 2 aromatic carbocycles. The van der Waals surface area contributed by atoms with Crippen LogP contribution >= 0.6 is 15.9 Å². The fourth-order valence-corrected chi connectivity index (χ4v) is 2.59. The Morgan fingerprint density at radius 1 is 1.17 bits per heavy atom. The number of para-hydroxylation sites is 1. The van der Waals surface area contributed by atoms with E-state index >= 15 is 0 Å². The summed E-state index contributed by atoms with van der Waals surface area (Å²) in [4.78, 5) is 34.5. The topological polar surface area (TPSA) is 102 Å². The Kier molecular flexibility index (Phi) is 4.13. The molecule has 0 saturated carbocycles. The number of amides is 1. The van der Waals surface area contributed by atoms with Crippen molar-refractivity contribution in [2.75, 3.05) is 5.32 Å². The molecular formula is C16H9BrN2O5. The highest BCUT2D eigenvalue weighted by atomic mass is 79.9. The molecule has 0 bridgehead atoms. The lowest BCUT2D eigenvalue weighted by Crippen LogP contribution is -2.20. The molecule has 8 heteroatoms. The van der Waals surface area contributed by atoms with E-state index in [4.69, 9.17) is 4.42 Å². The maximum Gasteiger partial charge on any atom is 0.349 e.